The van der Waals surface area contributed by atoms with Gasteiger partial charge >= 0.3 is 0 Å². The summed E-state index contributed by atoms with van der Waals surface area (Å²) in [6.45, 7) is 7.96. The van der Waals surface area contributed by atoms with Crippen LogP contribution in [0, 0.1) is 0 Å². The van der Waals surface area contributed by atoms with Crippen LogP contribution in [0.1, 0.15) is 50.6 Å². The zero-order chi connectivity index (χ0) is 20.7. The van der Waals surface area contributed by atoms with Gasteiger partial charge in [-0.15, -0.1) is 11.3 Å². The standard InChI is InChI=1S/C22H38N6OS/c1-23-20(24-10-7-19-17-30-21(26-19)27-11-5-6-12-27)25-18-22(8-3-2-4-9-22)28-13-15-29-16-14-28/h17H,2-16,18H2,1H3,(H2,23,24,25). The normalized spacial score (nSPS) is 23.0. The van der Waals surface area contributed by atoms with Crippen LogP contribution in [0.5, 0.6) is 0 Å². The second-order valence-electron chi connectivity index (χ2n) is 8.80. The zero-order valence-electron chi connectivity index (χ0n) is 18.5. The van der Waals surface area contributed by atoms with E-state index in [1.807, 2.05) is 7.05 Å². The van der Waals surface area contributed by atoms with Gasteiger partial charge in [-0.25, -0.2) is 4.98 Å². The molecule has 0 spiro atoms. The molecule has 2 saturated heterocycles. The SMILES string of the molecule is CN=C(NCCc1csc(N2CCCC2)n1)NCC1(N2CCOCC2)CCCCC1. The third-order valence-electron chi connectivity index (χ3n) is 6.86. The van der Waals surface area contributed by atoms with Gasteiger partial charge < -0.3 is 20.3 Å². The Morgan fingerprint density at radius 1 is 1.10 bits per heavy atom. The first kappa shape index (κ1) is 21.8. The highest BCUT2D eigenvalue weighted by Crippen LogP contribution is 2.33. The number of morpholine rings is 1. The maximum Gasteiger partial charge on any atom is 0.191 e. The molecule has 2 N–H and O–H groups in total. The van der Waals surface area contributed by atoms with Crippen LogP contribution in [-0.2, 0) is 11.2 Å². The summed E-state index contributed by atoms with van der Waals surface area (Å²) in [4.78, 5) is 14.4. The van der Waals surface area contributed by atoms with Crippen molar-refractivity contribution in [2.45, 2.75) is 56.9 Å². The van der Waals surface area contributed by atoms with E-state index in [1.54, 1.807) is 11.3 Å². The van der Waals surface area contributed by atoms with E-state index in [0.29, 0.717) is 0 Å². The number of rotatable bonds is 7. The van der Waals surface area contributed by atoms with Gasteiger partial charge in [-0.3, -0.25) is 9.89 Å². The molecule has 8 heteroatoms. The Morgan fingerprint density at radius 3 is 2.60 bits per heavy atom. The molecule has 0 radical (unpaired) electrons. The van der Waals surface area contributed by atoms with Crippen molar-refractivity contribution in [3.05, 3.63) is 11.1 Å². The Hall–Kier alpha value is -1.38. The lowest BCUT2D eigenvalue weighted by atomic mass is 9.80. The fourth-order valence-corrected chi connectivity index (χ4v) is 6.01. The average Bonchev–Trinajstić information content (AvgIpc) is 3.49. The van der Waals surface area contributed by atoms with Crippen LogP contribution < -0.4 is 15.5 Å². The Bertz CT molecular complexity index is 675. The van der Waals surface area contributed by atoms with E-state index in [0.717, 1.165) is 64.9 Å². The van der Waals surface area contributed by atoms with Crippen LogP contribution in [0.15, 0.2) is 10.4 Å². The summed E-state index contributed by atoms with van der Waals surface area (Å²) in [7, 11) is 1.87. The number of hydrogen-bond acceptors (Lipinski definition) is 6. The van der Waals surface area contributed by atoms with E-state index in [-0.39, 0.29) is 5.54 Å². The monoisotopic (exact) mass is 434 g/mol. The minimum Gasteiger partial charge on any atom is -0.379 e. The van der Waals surface area contributed by atoms with Gasteiger partial charge in [0.1, 0.15) is 0 Å². The first-order valence-electron chi connectivity index (χ1n) is 11.8. The molecule has 0 atom stereocenters. The minimum absolute atomic E-state index is 0.249. The van der Waals surface area contributed by atoms with Gasteiger partial charge in [0.25, 0.3) is 0 Å². The van der Waals surface area contributed by atoms with Crippen molar-refractivity contribution in [2.24, 2.45) is 4.99 Å². The van der Waals surface area contributed by atoms with Crippen molar-refractivity contribution in [1.82, 2.24) is 20.5 Å². The Morgan fingerprint density at radius 2 is 1.87 bits per heavy atom. The first-order chi connectivity index (χ1) is 14.8. The lowest BCUT2D eigenvalue weighted by molar-refractivity contribution is -0.0352. The lowest BCUT2D eigenvalue weighted by Crippen LogP contribution is -2.60. The van der Waals surface area contributed by atoms with Crippen molar-refractivity contribution in [2.75, 3.05) is 64.4 Å². The largest absolute Gasteiger partial charge is 0.379 e. The molecular weight excluding hydrogens is 396 g/mol. The highest BCUT2D eigenvalue weighted by Gasteiger charge is 2.38. The summed E-state index contributed by atoms with van der Waals surface area (Å²) in [5.74, 6) is 0.906. The van der Waals surface area contributed by atoms with Gasteiger partial charge in [-0.1, -0.05) is 19.3 Å². The number of nitrogens with zero attached hydrogens (tertiary/aromatic N) is 4. The molecule has 3 aliphatic rings. The van der Waals surface area contributed by atoms with E-state index in [2.05, 4.69) is 30.8 Å². The molecule has 0 bridgehead atoms. The second kappa shape index (κ2) is 10.8. The molecule has 30 heavy (non-hydrogen) atoms. The average molecular weight is 435 g/mol. The summed E-state index contributed by atoms with van der Waals surface area (Å²) >= 11 is 1.78. The summed E-state index contributed by atoms with van der Waals surface area (Å²) in [6, 6.07) is 0. The van der Waals surface area contributed by atoms with Crippen molar-refractivity contribution >= 4 is 22.4 Å². The molecule has 3 fully saturated rings. The molecule has 1 saturated carbocycles. The Labute approximate surface area is 185 Å². The molecule has 1 aromatic heterocycles. The molecule has 0 aromatic carbocycles. The maximum absolute atomic E-state index is 5.61. The van der Waals surface area contributed by atoms with E-state index in [9.17, 15) is 0 Å². The van der Waals surface area contributed by atoms with Crippen LogP contribution in [0.4, 0.5) is 5.13 Å². The summed E-state index contributed by atoms with van der Waals surface area (Å²) in [6.07, 6.45) is 10.1. The minimum atomic E-state index is 0.249. The van der Waals surface area contributed by atoms with E-state index >= 15 is 0 Å². The van der Waals surface area contributed by atoms with Crippen LogP contribution in [-0.4, -0.2) is 80.9 Å². The van der Waals surface area contributed by atoms with E-state index in [4.69, 9.17) is 9.72 Å². The van der Waals surface area contributed by atoms with E-state index in [1.165, 1.54) is 55.8 Å². The highest BCUT2D eigenvalue weighted by atomic mass is 32.1. The van der Waals surface area contributed by atoms with Crippen molar-refractivity contribution in [3.8, 4) is 0 Å². The third kappa shape index (κ3) is 5.45. The number of ether oxygens (including phenoxy) is 1. The highest BCUT2D eigenvalue weighted by molar-refractivity contribution is 7.13. The number of aliphatic imine (C=N–C) groups is 1. The fraction of sp³-hybridized carbons (Fsp3) is 0.818. The molecule has 2 aliphatic heterocycles. The van der Waals surface area contributed by atoms with Crippen molar-refractivity contribution < 1.29 is 4.74 Å². The van der Waals surface area contributed by atoms with Crippen LogP contribution in [0.25, 0.3) is 0 Å². The quantitative estimate of drug-likeness (QED) is 0.508. The van der Waals surface area contributed by atoms with Crippen LogP contribution >= 0.6 is 11.3 Å². The number of aromatic nitrogens is 1. The van der Waals surface area contributed by atoms with Gasteiger partial charge in [0.2, 0.25) is 0 Å². The first-order valence-corrected chi connectivity index (χ1v) is 12.6. The third-order valence-corrected chi connectivity index (χ3v) is 7.81. The number of hydrogen-bond donors (Lipinski definition) is 2. The van der Waals surface area contributed by atoms with Crippen LogP contribution in [0.2, 0.25) is 0 Å². The topological polar surface area (TPSA) is 65.0 Å². The number of guanidine groups is 1. The fourth-order valence-electron chi connectivity index (χ4n) is 5.09. The number of thiazole rings is 1. The van der Waals surface area contributed by atoms with Gasteiger partial charge in [-0.2, -0.15) is 0 Å². The molecule has 0 amide bonds. The molecule has 1 aliphatic carbocycles. The summed E-state index contributed by atoms with van der Waals surface area (Å²) in [5.41, 5.74) is 1.43. The zero-order valence-corrected chi connectivity index (χ0v) is 19.3. The predicted octanol–water partition coefficient (Wildman–Crippen LogP) is 2.49. The molecule has 7 nitrogen and oxygen atoms in total. The maximum atomic E-state index is 5.61. The molecule has 4 rings (SSSR count). The van der Waals surface area contributed by atoms with Crippen molar-refractivity contribution in [3.63, 3.8) is 0 Å². The van der Waals surface area contributed by atoms with Crippen molar-refractivity contribution in [1.29, 1.82) is 0 Å². The van der Waals surface area contributed by atoms with Gasteiger partial charge in [0.05, 0.1) is 18.9 Å². The Balaban J connectivity index is 1.25. The van der Waals surface area contributed by atoms with E-state index < -0.39 is 0 Å². The number of anilines is 1. The summed E-state index contributed by atoms with van der Waals surface area (Å²) < 4.78 is 5.61. The molecule has 168 valence electrons. The smallest absolute Gasteiger partial charge is 0.191 e. The molecule has 3 heterocycles. The molecular formula is C22H38N6OS. The number of nitrogens with one attached hydrogen (secondary N) is 2. The van der Waals surface area contributed by atoms with Gasteiger partial charge in [0.15, 0.2) is 11.1 Å². The Kier molecular flexibility index (Phi) is 7.84. The van der Waals surface area contributed by atoms with Gasteiger partial charge in [0, 0.05) is 63.7 Å². The predicted molar refractivity (Wildman–Crippen MR) is 125 cm³/mol. The second-order valence-corrected chi connectivity index (χ2v) is 9.64. The van der Waals surface area contributed by atoms with Crippen LogP contribution in [0.3, 0.4) is 0 Å². The summed E-state index contributed by atoms with van der Waals surface area (Å²) in [5, 5.41) is 10.5. The lowest BCUT2D eigenvalue weighted by Gasteiger charge is -2.48. The molecule has 1 aromatic rings. The molecule has 0 unspecified atom stereocenters. The van der Waals surface area contributed by atoms with Gasteiger partial charge in [-0.05, 0) is 25.7 Å².